The first kappa shape index (κ1) is 13.9. The Kier molecular flexibility index (Phi) is 4.97. The summed E-state index contributed by atoms with van der Waals surface area (Å²) in [6, 6.07) is 15.8. The van der Waals surface area contributed by atoms with Crippen molar-refractivity contribution in [3.8, 4) is 0 Å². The van der Waals surface area contributed by atoms with Gasteiger partial charge in [0.2, 0.25) is 0 Å². The van der Waals surface area contributed by atoms with Gasteiger partial charge in [-0.2, -0.15) is 5.10 Å². The van der Waals surface area contributed by atoms with Gasteiger partial charge in [0.1, 0.15) is 6.34 Å². The number of nitrogens with one attached hydrogen (secondary N) is 3. The van der Waals surface area contributed by atoms with E-state index in [1.165, 1.54) is 6.34 Å². The first-order chi connectivity index (χ1) is 9.74. The van der Waals surface area contributed by atoms with E-state index in [1.54, 1.807) is 36.4 Å². The maximum Gasteiger partial charge on any atom is 0.324 e. The second kappa shape index (κ2) is 7.16. The highest BCUT2D eigenvalue weighted by molar-refractivity contribution is 6.30. The Morgan fingerprint density at radius 3 is 2.40 bits per heavy atom. The van der Waals surface area contributed by atoms with Gasteiger partial charge in [-0.05, 0) is 36.4 Å². The van der Waals surface area contributed by atoms with Gasteiger partial charge in [0.05, 0.1) is 5.69 Å². The number of amides is 2. The fraction of sp³-hybridized carbons (Fsp3) is 0. The van der Waals surface area contributed by atoms with Crippen molar-refractivity contribution in [1.29, 1.82) is 0 Å². The largest absolute Gasteiger partial charge is 0.324 e. The maximum absolute atomic E-state index is 11.5. The standard InChI is InChI=1S/C14H13ClN4O/c15-11-6-8-13(9-7-11)19-17-10-16-14(20)18-12-4-2-1-3-5-12/h1-10,19H,(H2,16,17,18,20). The lowest BCUT2D eigenvalue weighted by Gasteiger charge is -2.03. The smallest absolute Gasteiger partial charge is 0.308 e. The second-order valence-corrected chi connectivity index (χ2v) is 4.28. The number of halogens is 1. The van der Waals surface area contributed by atoms with E-state index in [4.69, 9.17) is 11.6 Å². The average Bonchev–Trinajstić information content (AvgIpc) is 2.46. The van der Waals surface area contributed by atoms with E-state index in [-0.39, 0.29) is 6.03 Å². The van der Waals surface area contributed by atoms with Crippen molar-refractivity contribution in [2.75, 3.05) is 10.7 Å². The molecule has 0 bridgehead atoms. The Labute approximate surface area is 121 Å². The highest BCUT2D eigenvalue weighted by Crippen LogP contribution is 2.12. The molecule has 0 aliphatic carbocycles. The fourth-order valence-electron chi connectivity index (χ4n) is 1.41. The van der Waals surface area contributed by atoms with Crippen molar-refractivity contribution >= 4 is 35.3 Å². The Morgan fingerprint density at radius 2 is 1.70 bits per heavy atom. The zero-order valence-corrected chi connectivity index (χ0v) is 11.3. The summed E-state index contributed by atoms with van der Waals surface area (Å²) in [6.45, 7) is 0. The zero-order valence-electron chi connectivity index (χ0n) is 10.5. The van der Waals surface area contributed by atoms with Crippen molar-refractivity contribution < 1.29 is 4.79 Å². The van der Waals surface area contributed by atoms with Crippen molar-refractivity contribution in [2.45, 2.75) is 0 Å². The van der Waals surface area contributed by atoms with E-state index in [0.29, 0.717) is 10.7 Å². The Morgan fingerprint density at radius 1 is 1.00 bits per heavy atom. The van der Waals surface area contributed by atoms with Crippen LogP contribution in [0.25, 0.3) is 0 Å². The number of anilines is 2. The second-order valence-electron chi connectivity index (χ2n) is 3.84. The lowest BCUT2D eigenvalue weighted by atomic mass is 10.3. The molecule has 0 saturated carbocycles. The number of rotatable bonds is 4. The zero-order chi connectivity index (χ0) is 14.2. The van der Waals surface area contributed by atoms with E-state index in [1.807, 2.05) is 18.2 Å². The third-order valence-electron chi connectivity index (χ3n) is 2.33. The molecule has 3 N–H and O–H groups in total. The Bertz CT molecular complexity index is 584. The molecule has 102 valence electrons. The topological polar surface area (TPSA) is 65.5 Å². The Balaban J connectivity index is 1.76. The van der Waals surface area contributed by atoms with Crippen LogP contribution in [0, 0.1) is 0 Å². The van der Waals surface area contributed by atoms with Crippen LogP contribution in [-0.4, -0.2) is 12.4 Å². The number of hydrazone groups is 1. The van der Waals surface area contributed by atoms with Gasteiger partial charge in [0.25, 0.3) is 0 Å². The van der Waals surface area contributed by atoms with Crippen LogP contribution in [-0.2, 0) is 0 Å². The molecule has 0 spiro atoms. The van der Waals surface area contributed by atoms with E-state index in [2.05, 4.69) is 21.2 Å². The first-order valence-electron chi connectivity index (χ1n) is 5.90. The number of urea groups is 1. The molecule has 0 unspecified atom stereocenters. The van der Waals surface area contributed by atoms with E-state index in [0.717, 1.165) is 5.69 Å². The summed E-state index contributed by atoms with van der Waals surface area (Å²) in [7, 11) is 0. The van der Waals surface area contributed by atoms with Crippen LogP contribution in [0.3, 0.4) is 0 Å². The predicted octanol–water partition coefficient (Wildman–Crippen LogP) is 3.52. The summed E-state index contributed by atoms with van der Waals surface area (Å²) >= 11 is 5.76. The van der Waals surface area contributed by atoms with Gasteiger partial charge in [-0.15, -0.1) is 0 Å². The summed E-state index contributed by atoms with van der Waals surface area (Å²) in [6.07, 6.45) is 1.27. The van der Waals surface area contributed by atoms with Crippen molar-refractivity contribution in [1.82, 2.24) is 5.32 Å². The highest BCUT2D eigenvalue weighted by Gasteiger charge is 1.97. The molecule has 0 aliphatic heterocycles. The molecule has 0 atom stereocenters. The molecule has 20 heavy (non-hydrogen) atoms. The van der Waals surface area contributed by atoms with E-state index in [9.17, 15) is 4.79 Å². The van der Waals surface area contributed by atoms with Crippen LogP contribution < -0.4 is 16.1 Å². The van der Waals surface area contributed by atoms with Crippen LogP contribution in [0.5, 0.6) is 0 Å². The van der Waals surface area contributed by atoms with E-state index >= 15 is 0 Å². The van der Waals surface area contributed by atoms with Gasteiger partial charge in [0, 0.05) is 10.7 Å². The van der Waals surface area contributed by atoms with Crippen LogP contribution in [0.1, 0.15) is 0 Å². The van der Waals surface area contributed by atoms with Gasteiger partial charge < -0.3 is 5.32 Å². The summed E-state index contributed by atoms with van der Waals surface area (Å²) < 4.78 is 0. The number of hydrogen-bond acceptors (Lipinski definition) is 3. The summed E-state index contributed by atoms with van der Waals surface area (Å²) in [5, 5.41) is 9.66. The van der Waals surface area contributed by atoms with Crippen LogP contribution in [0.15, 0.2) is 59.7 Å². The molecule has 0 heterocycles. The monoisotopic (exact) mass is 288 g/mol. The number of hydrogen-bond donors (Lipinski definition) is 3. The lowest BCUT2D eigenvalue weighted by Crippen LogP contribution is -2.27. The maximum atomic E-state index is 11.5. The molecule has 2 amide bonds. The summed E-state index contributed by atoms with van der Waals surface area (Å²) in [5.41, 5.74) is 4.25. The highest BCUT2D eigenvalue weighted by atomic mass is 35.5. The molecule has 0 aliphatic rings. The molecule has 2 aromatic carbocycles. The fourth-order valence-corrected chi connectivity index (χ4v) is 1.54. The molecule has 0 aromatic heterocycles. The molecule has 5 nitrogen and oxygen atoms in total. The minimum atomic E-state index is -0.363. The number of nitrogens with zero attached hydrogens (tertiary/aromatic N) is 1. The van der Waals surface area contributed by atoms with Gasteiger partial charge in [-0.1, -0.05) is 29.8 Å². The third-order valence-corrected chi connectivity index (χ3v) is 2.58. The molecule has 2 aromatic rings. The van der Waals surface area contributed by atoms with Crippen molar-refractivity contribution in [3.05, 3.63) is 59.6 Å². The van der Waals surface area contributed by atoms with Crippen LogP contribution in [0.4, 0.5) is 16.2 Å². The van der Waals surface area contributed by atoms with E-state index < -0.39 is 0 Å². The lowest BCUT2D eigenvalue weighted by molar-refractivity contribution is 0.256. The van der Waals surface area contributed by atoms with Crippen molar-refractivity contribution in [3.63, 3.8) is 0 Å². The number of carbonyl (C=O) groups is 1. The quantitative estimate of drug-likeness (QED) is 0.458. The molecule has 0 saturated heterocycles. The molecule has 0 radical (unpaired) electrons. The molecular formula is C14H13ClN4O. The van der Waals surface area contributed by atoms with Crippen LogP contribution >= 0.6 is 11.6 Å². The number of carbonyl (C=O) groups excluding carboxylic acids is 1. The van der Waals surface area contributed by atoms with Gasteiger partial charge in [-0.3, -0.25) is 10.7 Å². The molecule has 2 rings (SSSR count). The third kappa shape index (κ3) is 4.62. The average molecular weight is 289 g/mol. The predicted molar refractivity (Wildman–Crippen MR) is 82.2 cm³/mol. The first-order valence-corrected chi connectivity index (χ1v) is 6.27. The summed E-state index contributed by atoms with van der Waals surface area (Å²) in [5.74, 6) is 0. The number of benzene rings is 2. The summed E-state index contributed by atoms with van der Waals surface area (Å²) in [4.78, 5) is 11.5. The molecular weight excluding hydrogens is 276 g/mol. The minimum absolute atomic E-state index is 0.363. The number of para-hydroxylation sites is 1. The minimum Gasteiger partial charge on any atom is -0.308 e. The van der Waals surface area contributed by atoms with Gasteiger partial charge in [0.15, 0.2) is 0 Å². The molecule has 0 fully saturated rings. The normalized spacial score (nSPS) is 10.2. The van der Waals surface area contributed by atoms with Crippen molar-refractivity contribution in [2.24, 2.45) is 5.10 Å². The SMILES string of the molecule is O=C(NC=NNc1ccc(Cl)cc1)Nc1ccccc1. The van der Waals surface area contributed by atoms with Gasteiger partial charge >= 0.3 is 6.03 Å². The van der Waals surface area contributed by atoms with Crippen LogP contribution in [0.2, 0.25) is 5.02 Å². The Hall–Kier alpha value is -2.53. The molecule has 6 heteroatoms. The van der Waals surface area contributed by atoms with Gasteiger partial charge in [-0.25, -0.2) is 4.79 Å².